The second kappa shape index (κ2) is 7.32. The van der Waals surface area contributed by atoms with Crippen LogP contribution < -0.4 is 10.1 Å². The predicted octanol–water partition coefficient (Wildman–Crippen LogP) is 4.18. The van der Waals surface area contributed by atoms with Gasteiger partial charge in [-0.15, -0.1) is 0 Å². The van der Waals surface area contributed by atoms with E-state index in [0.29, 0.717) is 16.8 Å². The molecule has 2 rings (SSSR count). The Kier molecular flexibility index (Phi) is 5.73. The van der Waals surface area contributed by atoms with E-state index in [0.717, 1.165) is 23.2 Å². The summed E-state index contributed by atoms with van der Waals surface area (Å²) in [4.78, 5) is 11.9. The molecule has 0 heterocycles. The van der Waals surface area contributed by atoms with Crippen LogP contribution in [0.2, 0.25) is 5.02 Å². The Morgan fingerprint density at radius 3 is 2.75 bits per heavy atom. The SMILES string of the molecule is CC1CCC(NC(=O)COc2ccc(Br)cc2Cl)CC1. The molecular weight excluding hydrogens is 342 g/mol. The minimum absolute atomic E-state index is 0.00735. The topological polar surface area (TPSA) is 38.3 Å². The second-order valence-electron chi connectivity index (χ2n) is 5.39. The van der Waals surface area contributed by atoms with Crippen molar-refractivity contribution >= 4 is 33.4 Å². The number of rotatable bonds is 4. The molecule has 0 bridgehead atoms. The third kappa shape index (κ3) is 4.67. The quantitative estimate of drug-likeness (QED) is 0.875. The van der Waals surface area contributed by atoms with Gasteiger partial charge in [-0.3, -0.25) is 4.79 Å². The third-order valence-corrected chi connectivity index (χ3v) is 4.42. The van der Waals surface area contributed by atoms with Gasteiger partial charge in [0.05, 0.1) is 5.02 Å². The molecule has 0 aliphatic heterocycles. The highest BCUT2D eigenvalue weighted by Gasteiger charge is 2.19. The maximum atomic E-state index is 11.9. The lowest BCUT2D eigenvalue weighted by molar-refractivity contribution is -0.124. The Morgan fingerprint density at radius 1 is 1.40 bits per heavy atom. The van der Waals surface area contributed by atoms with Gasteiger partial charge in [0.1, 0.15) is 5.75 Å². The molecule has 0 aromatic heterocycles. The summed E-state index contributed by atoms with van der Waals surface area (Å²) in [6, 6.07) is 5.63. The van der Waals surface area contributed by atoms with Gasteiger partial charge in [0.25, 0.3) is 5.91 Å². The molecule has 1 amide bonds. The Hall–Kier alpha value is -0.740. The average molecular weight is 361 g/mol. The van der Waals surface area contributed by atoms with Crippen molar-refractivity contribution in [1.29, 1.82) is 0 Å². The van der Waals surface area contributed by atoms with Crippen LogP contribution in [0.3, 0.4) is 0 Å². The zero-order chi connectivity index (χ0) is 14.5. The first-order valence-corrected chi connectivity index (χ1v) is 8.09. The van der Waals surface area contributed by atoms with Gasteiger partial charge in [-0.1, -0.05) is 34.5 Å². The van der Waals surface area contributed by atoms with Crippen molar-refractivity contribution in [3.63, 3.8) is 0 Å². The molecule has 0 unspecified atom stereocenters. The average Bonchev–Trinajstić information content (AvgIpc) is 2.40. The zero-order valence-electron chi connectivity index (χ0n) is 11.5. The smallest absolute Gasteiger partial charge is 0.258 e. The Balaban J connectivity index is 1.77. The van der Waals surface area contributed by atoms with E-state index in [4.69, 9.17) is 16.3 Å². The summed E-state index contributed by atoms with van der Waals surface area (Å²) in [6.45, 7) is 2.27. The number of ether oxygens (including phenoxy) is 1. The summed E-state index contributed by atoms with van der Waals surface area (Å²) < 4.78 is 6.34. The number of hydrogen-bond donors (Lipinski definition) is 1. The minimum Gasteiger partial charge on any atom is -0.482 e. The maximum Gasteiger partial charge on any atom is 0.258 e. The van der Waals surface area contributed by atoms with E-state index in [2.05, 4.69) is 28.2 Å². The van der Waals surface area contributed by atoms with Gasteiger partial charge in [0, 0.05) is 10.5 Å². The number of benzene rings is 1. The molecule has 0 spiro atoms. The van der Waals surface area contributed by atoms with Gasteiger partial charge in [0.15, 0.2) is 6.61 Å². The van der Waals surface area contributed by atoms with Gasteiger partial charge in [-0.05, 0) is 49.8 Å². The van der Waals surface area contributed by atoms with Crippen LogP contribution in [0.1, 0.15) is 32.6 Å². The molecule has 1 aliphatic carbocycles. The van der Waals surface area contributed by atoms with Crippen molar-refractivity contribution in [2.24, 2.45) is 5.92 Å². The van der Waals surface area contributed by atoms with Crippen LogP contribution in [0, 0.1) is 5.92 Å². The fraction of sp³-hybridized carbons (Fsp3) is 0.533. The van der Waals surface area contributed by atoms with Gasteiger partial charge in [0.2, 0.25) is 0 Å². The number of carbonyl (C=O) groups excluding carboxylic acids is 1. The van der Waals surface area contributed by atoms with E-state index < -0.39 is 0 Å². The second-order valence-corrected chi connectivity index (χ2v) is 6.71. The molecule has 1 N–H and O–H groups in total. The number of halogens is 2. The highest BCUT2D eigenvalue weighted by atomic mass is 79.9. The van der Waals surface area contributed by atoms with Gasteiger partial charge < -0.3 is 10.1 Å². The van der Waals surface area contributed by atoms with Gasteiger partial charge in [-0.25, -0.2) is 0 Å². The van der Waals surface area contributed by atoms with Crippen LogP contribution in [0.15, 0.2) is 22.7 Å². The van der Waals surface area contributed by atoms with Crippen LogP contribution in [0.25, 0.3) is 0 Å². The summed E-state index contributed by atoms with van der Waals surface area (Å²) >= 11 is 9.36. The van der Waals surface area contributed by atoms with Crippen LogP contribution in [-0.2, 0) is 4.79 Å². The number of hydrogen-bond acceptors (Lipinski definition) is 2. The molecule has 3 nitrogen and oxygen atoms in total. The normalized spacial score (nSPS) is 22.4. The molecule has 0 atom stereocenters. The molecule has 1 aromatic rings. The molecule has 0 saturated heterocycles. The molecule has 1 saturated carbocycles. The molecule has 1 aromatic carbocycles. The molecule has 110 valence electrons. The largest absolute Gasteiger partial charge is 0.482 e. The van der Waals surface area contributed by atoms with Crippen molar-refractivity contribution < 1.29 is 9.53 Å². The monoisotopic (exact) mass is 359 g/mol. The predicted molar refractivity (Wildman–Crippen MR) is 84.2 cm³/mol. The van der Waals surface area contributed by atoms with Crippen LogP contribution >= 0.6 is 27.5 Å². The van der Waals surface area contributed by atoms with Crippen LogP contribution in [0.4, 0.5) is 0 Å². The summed E-state index contributed by atoms with van der Waals surface area (Å²) in [5.41, 5.74) is 0. The Bertz CT molecular complexity index is 473. The lowest BCUT2D eigenvalue weighted by atomic mass is 9.87. The molecule has 0 radical (unpaired) electrons. The van der Waals surface area contributed by atoms with Crippen molar-refractivity contribution in [1.82, 2.24) is 5.32 Å². The van der Waals surface area contributed by atoms with Crippen LogP contribution in [-0.4, -0.2) is 18.6 Å². The molecule has 1 fully saturated rings. The van der Waals surface area contributed by atoms with E-state index in [1.807, 2.05) is 6.07 Å². The van der Waals surface area contributed by atoms with E-state index in [9.17, 15) is 4.79 Å². The van der Waals surface area contributed by atoms with Crippen molar-refractivity contribution in [2.45, 2.75) is 38.6 Å². The highest BCUT2D eigenvalue weighted by molar-refractivity contribution is 9.10. The summed E-state index contributed by atoms with van der Waals surface area (Å²) in [6.07, 6.45) is 4.49. The standard InChI is InChI=1S/C15H19BrClNO2/c1-10-2-5-12(6-3-10)18-15(19)9-20-14-7-4-11(16)8-13(14)17/h4,7-8,10,12H,2-3,5-6,9H2,1H3,(H,18,19). The summed E-state index contributed by atoms with van der Waals surface area (Å²) in [7, 11) is 0. The van der Waals surface area contributed by atoms with Crippen molar-refractivity contribution in [3.8, 4) is 5.75 Å². The minimum atomic E-state index is -0.0801. The highest BCUT2D eigenvalue weighted by Crippen LogP contribution is 2.27. The number of amides is 1. The first kappa shape index (κ1) is 15.6. The maximum absolute atomic E-state index is 11.9. The zero-order valence-corrected chi connectivity index (χ0v) is 13.8. The van der Waals surface area contributed by atoms with Gasteiger partial charge in [-0.2, -0.15) is 0 Å². The van der Waals surface area contributed by atoms with Crippen molar-refractivity contribution in [2.75, 3.05) is 6.61 Å². The first-order valence-electron chi connectivity index (χ1n) is 6.92. The van der Waals surface area contributed by atoms with Crippen molar-refractivity contribution in [3.05, 3.63) is 27.7 Å². The van der Waals surface area contributed by atoms with E-state index in [1.54, 1.807) is 12.1 Å². The molecule has 5 heteroatoms. The molecular formula is C15H19BrClNO2. The Labute approximate surface area is 133 Å². The summed E-state index contributed by atoms with van der Waals surface area (Å²) in [5, 5.41) is 3.52. The summed E-state index contributed by atoms with van der Waals surface area (Å²) in [5.74, 6) is 1.23. The van der Waals surface area contributed by atoms with Gasteiger partial charge >= 0.3 is 0 Å². The fourth-order valence-electron chi connectivity index (χ4n) is 2.41. The molecule has 20 heavy (non-hydrogen) atoms. The van der Waals surface area contributed by atoms with E-state index in [-0.39, 0.29) is 12.5 Å². The molecule has 1 aliphatic rings. The first-order chi connectivity index (χ1) is 9.54. The lowest BCUT2D eigenvalue weighted by Crippen LogP contribution is -2.39. The lowest BCUT2D eigenvalue weighted by Gasteiger charge is -2.26. The number of nitrogens with one attached hydrogen (secondary N) is 1. The fourth-order valence-corrected chi connectivity index (χ4v) is 3.14. The van der Waals surface area contributed by atoms with Crippen LogP contribution in [0.5, 0.6) is 5.75 Å². The van der Waals surface area contributed by atoms with E-state index >= 15 is 0 Å². The Morgan fingerprint density at radius 2 is 2.10 bits per heavy atom. The third-order valence-electron chi connectivity index (χ3n) is 3.63. The number of carbonyl (C=O) groups is 1. The van der Waals surface area contributed by atoms with E-state index in [1.165, 1.54) is 12.8 Å².